The maximum Gasteiger partial charge on any atom is 0.324 e. The summed E-state index contributed by atoms with van der Waals surface area (Å²) in [5, 5.41) is 2.39. The van der Waals surface area contributed by atoms with Gasteiger partial charge in [0.15, 0.2) is 6.61 Å². The first kappa shape index (κ1) is 21.8. The van der Waals surface area contributed by atoms with E-state index in [-0.39, 0.29) is 23.9 Å². The van der Waals surface area contributed by atoms with Gasteiger partial charge in [-0.2, -0.15) is 4.31 Å². The molecule has 0 saturated carbocycles. The predicted molar refractivity (Wildman–Crippen MR) is 101 cm³/mol. The monoisotopic (exact) mass is 411 g/mol. The van der Waals surface area contributed by atoms with Crippen molar-refractivity contribution in [3.05, 3.63) is 30.3 Å². The van der Waals surface area contributed by atoms with Crippen LogP contribution in [0.4, 0.5) is 0 Å². The summed E-state index contributed by atoms with van der Waals surface area (Å²) in [7, 11) is -0.981. The van der Waals surface area contributed by atoms with Gasteiger partial charge in [0.2, 0.25) is 15.9 Å². The maximum atomic E-state index is 12.9. The van der Waals surface area contributed by atoms with Crippen molar-refractivity contribution in [1.82, 2.24) is 14.5 Å². The summed E-state index contributed by atoms with van der Waals surface area (Å²) in [5.74, 6) is -1.67. The largest absolute Gasteiger partial charge is 0.454 e. The Morgan fingerprint density at radius 2 is 1.89 bits per heavy atom. The first-order valence-electron chi connectivity index (χ1n) is 8.95. The average Bonchev–Trinajstić information content (AvgIpc) is 2.72. The molecule has 0 aromatic heterocycles. The maximum absolute atomic E-state index is 12.9. The molecule has 1 aromatic carbocycles. The number of ether oxygens (including phenoxy) is 1. The average molecular weight is 411 g/mol. The zero-order chi connectivity index (χ0) is 20.7. The number of carbonyl (C=O) groups is 3. The third-order valence-corrected chi connectivity index (χ3v) is 6.42. The number of sulfonamides is 1. The van der Waals surface area contributed by atoms with Gasteiger partial charge in [-0.3, -0.25) is 14.4 Å². The molecule has 2 amide bonds. The van der Waals surface area contributed by atoms with Crippen LogP contribution in [0.2, 0.25) is 0 Å². The fourth-order valence-corrected chi connectivity index (χ4v) is 4.55. The third-order valence-electron chi connectivity index (χ3n) is 4.50. The lowest BCUT2D eigenvalue weighted by molar-refractivity contribution is -0.155. The molecular formula is C18H25N3O6S. The summed E-state index contributed by atoms with van der Waals surface area (Å²) in [5.41, 5.74) is 0. The van der Waals surface area contributed by atoms with Gasteiger partial charge in [0.25, 0.3) is 5.91 Å². The molecule has 0 aliphatic carbocycles. The lowest BCUT2D eigenvalue weighted by atomic mass is 10.1. The number of benzene rings is 1. The van der Waals surface area contributed by atoms with Gasteiger partial charge >= 0.3 is 5.97 Å². The van der Waals surface area contributed by atoms with Crippen molar-refractivity contribution in [3.8, 4) is 0 Å². The Morgan fingerprint density at radius 3 is 2.54 bits per heavy atom. The van der Waals surface area contributed by atoms with E-state index in [9.17, 15) is 22.8 Å². The van der Waals surface area contributed by atoms with E-state index in [1.807, 2.05) is 0 Å². The van der Waals surface area contributed by atoms with Gasteiger partial charge in [-0.1, -0.05) is 18.2 Å². The number of piperidine rings is 1. The van der Waals surface area contributed by atoms with E-state index in [0.717, 1.165) is 9.21 Å². The van der Waals surface area contributed by atoms with E-state index in [2.05, 4.69) is 5.32 Å². The smallest absolute Gasteiger partial charge is 0.324 e. The molecule has 2 rings (SSSR count). The minimum Gasteiger partial charge on any atom is -0.454 e. The topological polar surface area (TPSA) is 113 Å². The molecule has 1 fully saturated rings. The van der Waals surface area contributed by atoms with Crippen molar-refractivity contribution in [1.29, 1.82) is 0 Å². The number of nitrogens with zero attached hydrogens (tertiary/aromatic N) is 2. The Balaban J connectivity index is 2.04. The molecule has 1 heterocycles. The Bertz CT molecular complexity index is 812. The number of hydrogen-bond acceptors (Lipinski definition) is 6. The SMILES string of the molecule is CNC(=O)CN(C)C(=O)COC(=O)[C@H]1CCCCN1S(=O)(=O)c1ccccc1. The van der Waals surface area contributed by atoms with E-state index in [0.29, 0.717) is 19.3 Å². The molecule has 10 heteroatoms. The summed E-state index contributed by atoms with van der Waals surface area (Å²) >= 11 is 0. The molecule has 0 radical (unpaired) electrons. The van der Waals surface area contributed by atoms with Crippen LogP contribution in [0.3, 0.4) is 0 Å². The fourth-order valence-electron chi connectivity index (χ4n) is 2.88. The molecule has 9 nitrogen and oxygen atoms in total. The molecule has 1 N–H and O–H groups in total. The second kappa shape index (κ2) is 9.65. The van der Waals surface area contributed by atoms with Crippen molar-refractivity contribution in [2.75, 3.05) is 33.8 Å². The summed E-state index contributed by atoms with van der Waals surface area (Å²) in [4.78, 5) is 37.1. The fraction of sp³-hybridized carbons (Fsp3) is 0.500. The molecular weight excluding hydrogens is 386 g/mol. The van der Waals surface area contributed by atoms with Crippen molar-refractivity contribution < 1.29 is 27.5 Å². The summed E-state index contributed by atoms with van der Waals surface area (Å²) < 4.78 is 32.0. The molecule has 154 valence electrons. The molecule has 1 aliphatic heterocycles. The van der Waals surface area contributed by atoms with Gasteiger partial charge in [0, 0.05) is 20.6 Å². The zero-order valence-electron chi connectivity index (χ0n) is 16.0. The van der Waals surface area contributed by atoms with Crippen molar-refractivity contribution in [2.45, 2.75) is 30.2 Å². The van der Waals surface area contributed by atoms with Crippen LogP contribution in [0.1, 0.15) is 19.3 Å². The number of rotatable bonds is 7. The van der Waals surface area contributed by atoms with Gasteiger partial charge in [0.05, 0.1) is 11.4 Å². The summed E-state index contributed by atoms with van der Waals surface area (Å²) in [6, 6.07) is 6.92. The second-order valence-electron chi connectivity index (χ2n) is 6.47. The Morgan fingerprint density at radius 1 is 1.21 bits per heavy atom. The number of carbonyl (C=O) groups excluding carboxylic acids is 3. The van der Waals surface area contributed by atoms with Gasteiger partial charge in [-0.05, 0) is 31.4 Å². The second-order valence-corrected chi connectivity index (χ2v) is 8.36. The van der Waals surface area contributed by atoms with Crippen molar-refractivity contribution in [2.24, 2.45) is 0 Å². The van der Waals surface area contributed by atoms with Crippen LogP contribution >= 0.6 is 0 Å². The molecule has 1 atom stereocenters. The van der Waals surface area contributed by atoms with Crippen molar-refractivity contribution >= 4 is 27.8 Å². The lowest BCUT2D eigenvalue weighted by Gasteiger charge is -2.33. The quantitative estimate of drug-likeness (QED) is 0.631. The Kier molecular flexibility index (Phi) is 7.53. The molecule has 0 bridgehead atoms. The number of likely N-dealkylation sites (N-methyl/N-ethyl adjacent to an activating group) is 2. The van der Waals surface area contributed by atoms with Crippen LogP contribution in [0.5, 0.6) is 0 Å². The number of hydrogen-bond donors (Lipinski definition) is 1. The third kappa shape index (κ3) is 5.29. The van der Waals surface area contributed by atoms with E-state index >= 15 is 0 Å². The molecule has 0 unspecified atom stereocenters. The van der Waals surface area contributed by atoms with Gasteiger partial charge in [-0.15, -0.1) is 0 Å². The van der Waals surface area contributed by atoms with E-state index < -0.39 is 34.5 Å². The minimum atomic E-state index is -3.85. The molecule has 1 saturated heterocycles. The van der Waals surface area contributed by atoms with Gasteiger partial charge in [-0.25, -0.2) is 8.42 Å². The number of esters is 1. The predicted octanol–water partition coefficient (Wildman–Crippen LogP) is -0.0226. The van der Waals surface area contributed by atoms with E-state index in [1.54, 1.807) is 18.2 Å². The Labute approximate surface area is 164 Å². The highest BCUT2D eigenvalue weighted by molar-refractivity contribution is 7.89. The highest BCUT2D eigenvalue weighted by Crippen LogP contribution is 2.26. The van der Waals surface area contributed by atoms with Crippen LogP contribution in [0, 0.1) is 0 Å². The van der Waals surface area contributed by atoms with Crippen LogP contribution < -0.4 is 5.32 Å². The summed E-state index contributed by atoms with van der Waals surface area (Å²) in [6.45, 7) is -0.506. The lowest BCUT2D eigenvalue weighted by Crippen LogP contribution is -2.49. The Hall–Kier alpha value is -2.46. The van der Waals surface area contributed by atoms with Crippen LogP contribution in [-0.2, 0) is 29.1 Å². The first-order valence-corrected chi connectivity index (χ1v) is 10.4. The first-order chi connectivity index (χ1) is 13.3. The van der Waals surface area contributed by atoms with Crippen molar-refractivity contribution in [3.63, 3.8) is 0 Å². The molecule has 1 aliphatic rings. The highest BCUT2D eigenvalue weighted by atomic mass is 32.2. The van der Waals surface area contributed by atoms with Crippen LogP contribution in [0.25, 0.3) is 0 Å². The van der Waals surface area contributed by atoms with Crippen LogP contribution in [-0.4, -0.2) is 75.2 Å². The number of amides is 2. The van der Waals surface area contributed by atoms with E-state index in [1.165, 1.54) is 26.2 Å². The highest BCUT2D eigenvalue weighted by Gasteiger charge is 2.38. The standard InChI is InChI=1S/C18H25N3O6S/c1-19-16(22)12-20(2)17(23)13-27-18(24)15-10-6-7-11-21(15)28(25,26)14-8-4-3-5-9-14/h3-5,8-9,15H,6-7,10-13H2,1-2H3,(H,19,22)/t15-/m1/s1. The normalized spacial score (nSPS) is 17.6. The molecule has 28 heavy (non-hydrogen) atoms. The summed E-state index contributed by atoms with van der Waals surface area (Å²) in [6.07, 6.45) is 1.65. The van der Waals surface area contributed by atoms with Crippen LogP contribution in [0.15, 0.2) is 35.2 Å². The van der Waals surface area contributed by atoms with Gasteiger partial charge in [0.1, 0.15) is 6.04 Å². The zero-order valence-corrected chi connectivity index (χ0v) is 16.8. The van der Waals surface area contributed by atoms with E-state index in [4.69, 9.17) is 4.74 Å². The number of nitrogens with one attached hydrogen (secondary N) is 1. The molecule has 1 aromatic rings. The molecule has 0 spiro atoms. The van der Waals surface area contributed by atoms with Gasteiger partial charge < -0.3 is 15.0 Å². The minimum absolute atomic E-state index is 0.107.